The number of ether oxygens (including phenoxy) is 1. The minimum absolute atomic E-state index is 0.786. The summed E-state index contributed by atoms with van der Waals surface area (Å²) < 4.78 is 5.33. The molecule has 4 heteroatoms. The molecule has 1 saturated heterocycles. The van der Waals surface area contributed by atoms with E-state index in [1.54, 1.807) is 12.0 Å². The molecular weight excluding hydrogens is 202 g/mol. The first kappa shape index (κ1) is 10.6. The van der Waals surface area contributed by atoms with E-state index in [2.05, 4.69) is 17.2 Å². The summed E-state index contributed by atoms with van der Waals surface area (Å²) in [7, 11) is 1.68. The fourth-order valence-corrected chi connectivity index (χ4v) is 1.94. The third-order valence-corrected chi connectivity index (χ3v) is 2.85. The van der Waals surface area contributed by atoms with E-state index in [4.69, 9.17) is 10.00 Å². The van der Waals surface area contributed by atoms with Gasteiger partial charge in [-0.05, 0) is 12.1 Å². The van der Waals surface area contributed by atoms with Crippen molar-refractivity contribution in [3.63, 3.8) is 0 Å². The van der Waals surface area contributed by atoms with Gasteiger partial charge in [0.25, 0.3) is 0 Å². The van der Waals surface area contributed by atoms with Crippen LogP contribution in [-0.2, 0) is 0 Å². The van der Waals surface area contributed by atoms with Gasteiger partial charge in [-0.3, -0.25) is 0 Å². The first-order valence-electron chi connectivity index (χ1n) is 5.38. The van der Waals surface area contributed by atoms with E-state index in [1.165, 1.54) is 0 Å². The first-order valence-corrected chi connectivity index (χ1v) is 5.38. The highest BCUT2D eigenvalue weighted by Gasteiger charge is 2.18. The topological polar surface area (TPSA) is 39.5 Å². The number of rotatable bonds is 2. The lowest BCUT2D eigenvalue weighted by Gasteiger charge is -2.33. The van der Waals surface area contributed by atoms with Crippen LogP contribution in [0.25, 0.3) is 0 Å². The molecule has 84 valence electrons. The van der Waals surface area contributed by atoms with Crippen LogP contribution in [0.1, 0.15) is 0 Å². The Kier molecular flexibility index (Phi) is 3.16. The molecule has 0 spiro atoms. The lowest BCUT2D eigenvalue weighted by molar-refractivity contribution is 0.358. The summed E-state index contributed by atoms with van der Waals surface area (Å²) in [6.07, 6.45) is 2.18. The zero-order valence-corrected chi connectivity index (χ0v) is 9.39. The number of methoxy groups -OCH3 is 1. The van der Waals surface area contributed by atoms with Gasteiger partial charge in [-0.2, -0.15) is 5.26 Å². The molecule has 0 atom stereocenters. The van der Waals surface area contributed by atoms with Crippen molar-refractivity contribution in [3.8, 4) is 11.9 Å². The maximum absolute atomic E-state index is 8.78. The molecule has 2 rings (SSSR count). The summed E-state index contributed by atoms with van der Waals surface area (Å²) in [5.41, 5.74) is 1.11. The molecule has 0 saturated carbocycles. The van der Waals surface area contributed by atoms with Crippen molar-refractivity contribution < 1.29 is 4.74 Å². The van der Waals surface area contributed by atoms with Gasteiger partial charge in [0.1, 0.15) is 5.75 Å². The maximum Gasteiger partial charge on any atom is 0.179 e. The van der Waals surface area contributed by atoms with Crippen LogP contribution in [0.5, 0.6) is 5.75 Å². The quantitative estimate of drug-likeness (QED) is 0.700. The van der Waals surface area contributed by atoms with Crippen molar-refractivity contribution in [2.75, 3.05) is 38.2 Å². The van der Waals surface area contributed by atoms with Crippen molar-refractivity contribution in [3.05, 3.63) is 24.3 Å². The van der Waals surface area contributed by atoms with Crippen LogP contribution >= 0.6 is 0 Å². The molecule has 1 aliphatic heterocycles. The molecular formula is C12H15N3O. The molecule has 0 aliphatic carbocycles. The molecule has 0 aromatic heterocycles. The van der Waals surface area contributed by atoms with Crippen LogP contribution < -0.4 is 9.64 Å². The van der Waals surface area contributed by atoms with E-state index in [9.17, 15) is 0 Å². The molecule has 16 heavy (non-hydrogen) atoms. The number of anilines is 1. The number of nitriles is 1. The van der Waals surface area contributed by atoms with Gasteiger partial charge in [0.15, 0.2) is 6.19 Å². The Morgan fingerprint density at radius 1 is 1.19 bits per heavy atom. The Labute approximate surface area is 95.6 Å². The summed E-state index contributed by atoms with van der Waals surface area (Å²) in [5, 5.41) is 8.78. The second-order valence-electron chi connectivity index (χ2n) is 3.75. The van der Waals surface area contributed by atoms with Crippen LogP contribution in [0.2, 0.25) is 0 Å². The number of piperazine rings is 1. The molecule has 4 nitrogen and oxygen atoms in total. The van der Waals surface area contributed by atoms with E-state index in [0.717, 1.165) is 37.6 Å². The highest BCUT2D eigenvalue weighted by atomic mass is 16.5. The average Bonchev–Trinajstić information content (AvgIpc) is 2.39. The number of hydrogen-bond donors (Lipinski definition) is 0. The number of benzene rings is 1. The van der Waals surface area contributed by atoms with Gasteiger partial charge in [-0.1, -0.05) is 12.1 Å². The Bertz CT molecular complexity index is 391. The molecule has 0 unspecified atom stereocenters. The first-order chi connectivity index (χ1) is 7.85. The van der Waals surface area contributed by atoms with Gasteiger partial charge in [-0.15, -0.1) is 0 Å². The average molecular weight is 217 g/mol. The molecule has 1 aliphatic rings. The Morgan fingerprint density at radius 3 is 2.50 bits per heavy atom. The normalized spacial score (nSPS) is 15.8. The molecule has 0 N–H and O–H groups in total. The number of nitrogens with zero attached hydrogens (tertiary/aromatic N) is 3. The minimum atomic E-state index is 0.786. The molecule has 1 heterocycles. The maximum atomic E-state index is 8.78. The third-order valence-electron chi connectivity index (χ3n) is 2.85. The van der Waals surface area contributed by atoms with E-state index < -0.39 is 0 Å². The van der Waals surface area contributed by atoms with Crippen LogP contribution in [0, 0.1) is 11.5 Å². The van der Waals surface area contributed by atoms with Crippen molar-refractivity contribution >= 4 is 5.69 Å². The van der Waals surface area contributed by atoms with Crippen molar-refractivity contribution in [2.45, 2.75) is 0 Å². The van der Waals surface area contributed by atoms with E-state index in [1.807, 2.05) is 18.2 Å². The fourth-order valence-electron chi connectivity index (χ4n) is 1.94. The highest BCUT2D eigenvalue weighted by Crippen LogP contribution is 2.28. The predicted molar refractivity (Wildman–Crippen MR) is 62.4 cm³/mol. The van der Waals surface area contributed by atoms with Gasteiger partial charge >= 0.3 is 0 Å². The zero-order valence-electron chi connectivity index (χ0n) is 9.39. The number of para-hydroxylation sites is 2. The Morgan fingerprint density at radius 2 is 1.88 bits per heavy atom. The molecule has 1 aromatic carbocycles. The van der Waals surface area contributed by atoms with Gasteiger partial charge < -0.3 is 14.5 Å². The Hall–Kier alpha value is -1.89. The summed E-state index contributed by atoms with van der Waals surface area (Å²) in [6.45, 7) is 3.31. The van der Waals surface area contributed by atoms with Crippen LogP contribution in [0.15, 0.2) is 24.3 Å². The number of hydrogen-bond acceptors (Lipinski definition) is 4. The summed E-state index contributed by atoms with van der Waals surface area (Å²) >= 11 is 0. The monoisotopic (exact) mass is 217 g/mol. The lowest BCUT2D eigenvalue weighted by atomic mass is 10.2. The van der Waals surface area contributed by atoms with Crippen LogP contribution in [-0.4, -0.2) is 38.2 Å². The predicted octanol–water partition coefficient (Wildman–Crippen LogP) is 1.30. The van der Waals surface area contributed by atoms with Gasteiger partial charge in [0.05, 0.1) is 12.8 Å². The molecule has 1 fully saturated rings. The third kappa shape index (κ3) is 2.03. The summed E-state index contributed by atoms with van der Waals surface area (Å²) in [5.74, 6) is 0.896. The second kappa shape index (κ2) is 4.75. The van der Waals surface area contributed by atoms with E-state index >= 15 is 0 Å². The van der Waals surface area contributed by atoms with Crippen LogP contribution in [0.3, 0.4) is 0 Å². The summed E-state index contributed by atoms with van der Waals surface area (Å²) in [6, 6.07) is 8.00. The molecule has 0 amide bonds. The van der Waals surface area contributed by atoms with E-state index in [0.29, 0.717) is 0 Å². The zero-order chi connectivity index (χ0) is 11.4. The summed E-state index contributed by atoms with van der Waals surface area (Å²) in [4.78, 5) is 4.04. The Balaban J connectivity index is 2.11. The fraction of sp³-hybridized carbons (Fsp3) is 0.417. The molecule has 0 bridgehead atoms. The molecule has 0 radical (unpaired) electrons. The smallest absolute Gasteiger partial charge is 0.179 e. The second-order valence-corrected chi connectivity index (χ2v) is 3.75. The van der Waals surface area contributed by atoms with Crippen molar-refractivity contribution in [1.29, 1.82) is 5.26 Å². The standard InChI is InChI=1S/C12H15N3O/c1-16-12-5-3-2-4-11(12)15-8-6-14(10-13)7-9-15/h2-5H,6-9H2,1H3. The van der Waals surface area contributed by atoms with Gasteiger partial charge in [0.2, 0.25) is 0 Å². The van der Waals surface area contributed by atoms with Gasteiger partial charge in [-0.25, -0.2) is 0 Å². The van der Waals surface area contributed by atoms with Crippen molar-refractivity contribution in [1.82, 2.24) is 4.90 Å². The SMILES string of the molecule is COc1ccccc1N1CCN(C#N)CC1. The van der Waals surface area contributed by atoms with Crippen molar-refractivity contribution in [2.24, 2.45) is 0 Å². The largest absolute Gasteiger partial charge is 0.495 e. The van der Waals surface area contributed by atoms with Crippen LogP contribution in [0.4, 0.5) is 5.69 Å². The van der Waals surface area contributed by atoms with E-state index in [-0.39, 0.29) is 0 Å². The van der Waals surface area contributed by atoms with Gasteiger partial charge in [0, 0.05) is 26.2 Å². The minimum Gasteiger partial charge on any atom is -0.495 e. The molecule has 1 aromatic rings. The highest BCUT2D eigenvalue weighted by molar-refractivity contribution is 5.58. The lowest BCUT2D eigenvalue weighted by Crippen LogP contribution is -2.44.